The molecule has 0 aliphatic heterocycles. The maximum absolute atomic E-state index is 11.3. The van der Waals surface area contributed by atoms with Crippen molar-refractivity contribution in [3.05, 3.63) is 0 Å². The Morgan fingerprint density at radius 1 is 1.27 bits per heavy atom. The van der Waals surface area contributed by atoms with Crippen molar-refractivity contribution in [3.63, 3.8) is 0 Å². The molecule has 0 saturated carbocycles. The van der Waals surface area contributed by atoms with E-state index in [1.54, 1.807) is 13.8 Å². The summed E-state index contributed by atoms with van der Waals surface area (Å²) in [5, 5.41) is 0. The van der Waals surface area contributed by atoms with E-state index in [4.69, 9.17) is 4.74 Å². The summed E-state index contributed by atoms with van der Waals surface area (Å²) in [6, 6.07) is 0. The number of unbranched alkanes of at least 4 members (excludes halogenated alkanes) is 2. The maximum atomic E-state index is 11.3. The van der Waals surface area contributed by atoms with Crippen molar-refractivity contribution < 1.29 is 9.53 Å². The summed E-state index contributed by atoms with van der Waals surface area (Å²) in [5.41, 5.74) is 0. The predicted molar refractivity (Wildman–Crippen MR) is 67.3 cm³/mol. The second kappa shape index (κ2) is 7.15. The van der Waals surface area contributed by atoms with Crippen LogP contribution in [0.1, 0.15) is 53.4 Å². The van der Waals surface area contributed by atoms with E-state index in [0.29, 0.717) is 6.61 Å². The van der Waals surface area contributed by atoms with Gasteiger partial charge in [-0.15, -0.1) is 0 Å². The van der Waals surface area contributed by atoms with Crippen molar-refractivity contribution in [1.82, 2.24) is 0 Å². The summed E-state index contributed by atoms with van der Waals surface area (Å²) in [6.07, 6.45) is 4.58. The highest BCUT2D eigenvalue weighted by Crippen LogP contribution is 2.14. The van der Waals surface area contributed by atoms with Crippen LogP contribution >= 0.6 is 12.6 Å². The van der Waals surface area contributed by atoms with E-state index in [2.05, 4.69) is 26.5 Å². The molecule has 0 aliphatic carbocycles. The van der Waals surface area contributed by atoms with Gasteiger partial charge in [0.05, 0.1) is 6.61 Å². The number of carbonyl (C=O) groups excluding carboxylic acids is 1. The molecule has 0 bridgehead atoms. The quantitative estimate of drug-likeness (QED) is 0.413. The maximum Gasteiger partial charge on any atom is 0.321 e. The van der Waals surface area contributed by atoms with Gasteiger partial charge < -0.3 is 4.74 Å². The van der Waals surface area contributed by atoms with Crippen molar-refractivity contribution >= 4 is 18.6 Å². The molecule has 2 nitrogen and oxygen atoms in total. The van der Waals surface area contributed by atoms with Crippen LogP contribution in [0, 0.1) is 5.92 Å². The van der Waals surface area contributed by atoms with Gasteiger partial charge in [-0.3, -0.25) is 4.79 Å². The van der Waals surface area contributed by atoms with E-state index in [1.165, 1.54) is 12.8 Å². The first kappa shape index (κ1) is 14.8. The van der Waals surface area contributed by atoms with Crippen LogP contribution in [0.15, 0.2) is 0 Å². The lowest BCUT2D eigenvalue weighted by Crippen LogP contribution is -2.27. The highest BCUT2D eigenvalue weighted by Gasteiger charge is 2.23. The fraction of sp³-hybridized carbons (Fsp3) is 0.917. The molecule has 0 rings (SSSR count). The summed E-state index contributed by atoms with van der Waals surface area (Å²) in [5.74, 6) is 0.540. The average molecular weight is 232 g/mol. The molecule has 0 spiro atoms. The van der Waals surface area contributed by atoms with Gasteiger partial charge in [-0.1, -0.05) is 33.1 Å². The van der Waals surface area contributed by atoms with Crippen LogP contribution in [0.2, 0.25) is 0 Å². The fourth-order valence-electron chi connectivity index (χ4n) is 1.17. The molecular formula is C12H24O2S. The molecular weight excluding hydrogens is 208 g/mol. The van der Waals surface area contributed by atoms with Crippen molar-refractivity contribution in [2.24, 2.45) is 5.92 Å². The van der Waals surface area contributed by atoms with E-state index in [0.717, 1.165) is 18.8 Å². The number of hydrogen-bond acceptors (Lipinski definition) is 3. The molecule has 0 aromatic rings. The lowest BCUT2D eigenvalue weighted by molar-refractivity contribution is -0.145. The lowest BCUT2D eigenvalue weighted by Gasteiger charge is -2.15. The van der Waals surface area contributed by atoms with Gasteiger partial charge in [0.15, 0.2) is 0 Å². The third-order valence-corrected chi connectivity index (χ3v) is 2.34. The molecule has 0 aliphatic rings. The minimum atomic E-state index is -0.669. The molecule has 0 heterocycles. The smallest absolute Gasteiger partial charge is 0.321 e. The Bertz CT molecular complexity index is 183. The summed E-state index contributed by atoms with van der Waals surface area (Å²) in [6.45, 7) is 8.47. The topological polar surface area (TPSA) is 26.3 Å². The van der Waals surface area contributed by atoms with Crippen LogP contribution in [0.3, 0.4) is 0 Å². The third-order valence-electron chi connectivity index (χ3n) is 2.16. The highest BCUT2D eigenvalue weighted by molar-refractivity contribution is 7.82. The van der Waals surface area contributed by atoms with E-state index in [-0.39, 0.29) is 5.97 Å². The molecule has 0 aromatic carbocycles. The molecule has 0 atom stereocenters. The van der Waals surface area contributed by atoms with E-state index in [1.807, 2.05) is 0 Å². The van der Waals surface area contributed by atoms with Crippen LogP contribution in [0.25, 0.3) is 0 Å². The molecule has 0 amide bonds. The number of hydrogen-bond donors (Lipinski definition) is 1. The molecule has 90 valence electrons. The Morgan fingerprint density at radius 2 is 1.87 bits per heavy atom. The van der Waals surface area contributed by atoms with Gasteiger partial charge in [-0.05, 0) is 26.2 Å². The van der Waals surface area contributed by atoms with Gasteiger partial charge in [0, 0.05) is 0 Å². The molecule has 0 fully saturated rings. The molecule has 0 N–H and O–H groups in total. The largest absolute Gasteiger partial charge is 0.465 e. The second-order valence-electron chi connectivity index (χ2n) is 4.94. The number of thiol groups is 1. The summed E-state index contributed by atoms with van der Waals surface area (Å²) in [4.78, 5) is 11.3. The molecule has 0 saturated heterocycles. The lowest BCUT2D eigenvalue weighted by atomic mass is 10.1. The van der Waals surface area contributed by atoms with Gasteiger partial charge >= 0.3 is 5.97 Å². The van der Waals surface area contributed by atoms with Gasteiger partial charge in [0.2, 0.25) is 0 Å². The molecule has 15 heavy (non-hydrogen) atoms. The average Bonchev–Trinajstić information content (AvgIpc) is 2.08. The van der Waals surface area contributed by atoms with Gasteiger partial charge in [-0.2, -0.15) is 12.6 Å². The highest BCUT2D eigenvalue weighted by atomic mass is 32.1. The first-order valence-corrected chi connectivity index (χ1v) is 6.18. The first-order chi connectivity index (χ1) is 6.84. The zero-order chi connectivity index (χ0) is 11.9. The normalized spacial score (nSPS) is 11.9. The third kappa shape index (κ3) is 8.79. The zero-order valence-corrected chi connectivity index (χ0v) is 11.3. The van der Waals surface area contributed by atoms with Crippen molar-refractivity contribution in [1.29, 1.82) is 0 Å². The second-order valence-corrected chi connectivity index (χ2v) is 6.06. The SMILES string of the molecule is CC(C)CCCCCOC(=O)C(C)(C)S. The summed E-state index contributed by atoms with van der Waals surface area (Å²) < 4.78 is 4.43. The van der Waals surface area contributed by atoms with E-state index in [9.17, 15) is 4.79 Å². The first-order valence-electron chi connectivity index (χ1n) is 5.73. The minimum absolute atomic E-state index is 0.227. The number of carbonyl (C=O) groups is 1. The van der Waals surface area contributed by atoms with Gasteiger partial charge in [0.25, 0.3) is 0 Å². The van der Waals surface area contributed by atoms with Crippen LogP contribution in [-0.2, 0) is 9.53 Å². The Labute approximate surface area is 99.2 Å². The predicted octanol–water partition coefficient (Wildman–Crippen LogP) is 3.45. The molecule has 3 heteroatoms. The van der Waals surface area contributed by atoms with Crippen LogP contribution in [0.4, 0.5) is 0 Å². The Kier molecular flexibility index (Phi) is 7.07. The number of rotatable bonds is 7. The minimum Gasteiger partial charge on any atom is -0.465 e. The van der Waals surface area contributed by atoms with Crippen molar-refractivity contribution in [3.8, 4) is 0 Å². The van der Waals surface area contributed by atoms with E-state index < -0.39 is 4.75 Å². The van der Waals surface area contributed by atoms with Crippen LogP contribution in [-0.4, -0.2) is 17.3 Å². The summed E-state index contributed by atoms with van der Waals surface area (Å²) >= 11 is 4.15. The van der Waals surface area contributed by atoms with Crippen molar-refractivity contribution in [2.75, 3.05) is 6.61 Å². The van der Waals surface area contributed by atoms with Crippen LogP contribution in [0.5, 0.6) is 0 Å². The molecule has 0 radical (unpaired) electrons. The van der Waals surface area contributed by atoms with Crippen molar-refractivity contribution in [2.45, 2.75) is 58.1 Å². The van der Waals surface area contributed by atoms with Gasteiger partial charge in [-0.25, -0.2) is 0 Å². The van der Waals surface area contributed by atoms with Gasteiger partial charge in [0.1, 0.15) is 4.75 Å². The Hall–Kier alpha value is -0.180. The number of ether oxygens (including phenoxy) is 1. The monoisotopic (exact) mass is 232 g/mol. The van der Waals surface area contributed by atoms with Crippen LogP contribution < -0.4 is 0 Å². The molecule has 0 unspecified atom stereocenters. The van der Waals surface area contributed by atoms with E-state index >= 15 is 0 Å². The zero-order valence-electron chi connectivity index (χ0n) is 10.4. The Balaban J connectivity index is 3.36. The fourth-order valence-corrected chi connectivity index (χ4v) is 1.24. The Morgan fingerprint density at radius 3 is 2.33 bits per heavy atom. The summed E-state index contributed by atoms with van der Waals surface area (Å²) in [7, 11) is 0. The molecule has 0 aromatic heterocycles. The number of esters is 1. The standard InChI is InChI=1S/C12H24O2S/c1-10(2)8-6-5-7-9-14-11(13)12(3,4)15/h10,15H,5-9H2,1-4H3.